The molecular formula is C13H13NS. The van der Waals surface area contributed by atoms with Gasteiger partial charge in [-0.3, -0.25) is 4.98 Å². The largest absolute Gasteiger partial charge is 0.255 e. The Morgan fingerprint density at radius 3 is 2.47 bits per heavy atom. The first-order valence-corrected chi connectivity index (χ1v) is 6.10. The molecule has 0 radical (unpaired) electrons. The van der Waals surface area contributed by atoms with Crippen LogP contribution in [0.4, 0.5) is 0 Å². The normalized spacial score (nSPS) is 10.3. The van der Waals surface area contributed by atoms with Gasteiger partial charge in [-0.2, -0.15) is 0 Å². The van der Waals surface area contributed by atoms with Crippen LogP contribution in [-0.2, 0) is 0 Å². The zero-order chi connectivity index (χ0) is 10.7. The van der Waals surface area contributed by atoms with Crippen molar-refractivity contribution in [1.29, 1.82) is 0 Å². The highest BCUT2D eigenvalue weighted by molar-refractivity contribution is 7.98. The average Bonchev–Trinajstić information content (AvgIpc) is 2.30. The van der Waals surface area contributed by atoms with E-state index in [2.05, 4.69) is 48.5 Å². The number of aromatic nitrogens is 1. The van der Waals surface area contributed by atoms with E-state index in [1.54, 1.807) is 11.8 Å². The zero-order valence-electron chi connectivity index (χ0n) is 8.90. The van der Waals surface area contributed by atoms with E-state index in [1.165, 1.54) is 16.0 Å². The minimum atomic E-state index is 1.07. The number of hydrogen-bond acceptors (Lipinski definition) is 2. The minimum Gasteiger partial charge on any atom is -0.255 e. The Hall–Kier alpha value is -1.28. The molecule has 0 unspecified atom stereocenters. The van der Waals surface area contributed by atoms with Crippen molar-refractivity contribution in [3.05, 3.63) is 48.2 Å². The third kappa shape index (κ3) is 2.21. The van der Waals surface area contributed by atoms with Crippen molar-refractivity contribution in [2.24, 2.45) is 0 Å². The van der Waals surface area contributed by atoms with Gasteiger partial charge in [-0.25, -0.2) is 0 Å². The molecule has 0 N–H and O–H groups in total. The molecule has 0 aliphatic carbocycles. The Labute approximate surface area is 94.6 Å². The molecule has 1 heterocycles. The summed E-state index contributed by atoms with van der Waals surface area (Å²) in [6.45, 7) is 2.09. The van der Waals surface area contributed by atoms with Crippen LogP contribution in [0.1, 0.15) is 5.56 Å². The number of aryl methyl sites for hydroxylation is 1. The second-order valence-corrected chi connectivity index (χ2v) is 4.27. The number of pyridine rings is 1. The predicted molar refractivity (Wildman–Crippen MR) is 66.2 cm³/mol. The average molecular weight is 215 g/mol. The molecule has 0 atom stereocenters. The second-order valence-electron chi connectivity index (χ2n) is 3.42. The third-order valence-electron chi connectivity index (χ3n) is 2.32. The van der Waals surface area contributed by atoms with Crippen LogP contribution in [0.3, 0.4) is 0 Å². The van der Waals surface area contributed by atoms with Crippen molar-refractivity contribution < 1.29 is 0 Å². The van der Waals surface area contributed by atoms with E-state index in [-0.39, 0.29) is 0 Å². The molecule has 76 valence electrons. The van der Waals surface area contributed by atoms with E-state index in [9.17, 15) is 0 Å². The van der Waals surface area contributed by atoms with E-state index < -0.39 is 0 Å². The van der Waals surface area contributed by atoms with Crippen LogP contribution < -0.4 is 0 Å². The van der Waals surface area contributed by atoms with Gasteiger partial charge in [0, 0.05) is 16.7 Å². The molecule has 2 rings (SSSR count). The van der Waals surface area contributed by atoms with Gasteiger partial charge >= 0.3 is 0 Å². The number of nitrogens with zero attached hydrogens (tertiary/aromatic N) is 1. The number of hydrogen-bond donors (Lipinski definition) is 0. The molecule has 1 aromatic carbocycles. The number of benzene rings is 1. The Balaban J connectivity index is 2.49. The molecule has 2 aromatic rings. The van der Waals surface area contributed by atoms with Gasteiger partial charge in [0.05, 0.1) is 5.69 Å². The van der Waals surface area contributed by atoms with E-state index >= 15 is 0 Å². The van der Waals surface area contributed by atoms with Crippen molar-refractivity contribution >= 4 is 11.8 Å². The van der Waals surface area contributed by atoms with Crippen molar-refractivity contribution in [1.82, 2.24) is 4.98 Å². The lowest BCUT2D eigenvalue weighted by Gasteiger charge is -2.05. The van der Waals surface area contributed by atoms with Gasteiger partial charge < -0.3 is 0 Å². The summed E-state index contributed by atoms with van der Waals surface area (Å²) in [6, 6.07) is 12.6. The van der Waals surface area contributed by atoms with Crippen LogP contribution in [0.2, 0.25) is 0 Å². The van der Waals surface area contributed by atoms with Gasteiger partial charge in [-0.05, 0) is 25.3 Å². The van der Waals surface area contributed by atoms with Gasteiger partial charge in [0.15, 0.2) is 0 Å². The van der Waals surface area contributed by atoms with Crippen LogP contribution in [0.25, 0.3) is 11.3 Å². The van der Waals surface area contributed by atoms with Gasteiger partial charge in [-0.15, -0.1) is 11.8 Å². The monoisotopic (exact) mass is 215 g/mol. The van der Waals surface area contributed by atoms with Gasteiger partial charge in [0.25, 0.3) is 0 Å². The van der Waals surface area contributed by atoms with Gasteiger partial charge in [0.1, 0.15) is 0 Å². The van der Waals surface area contributed by atoms with E-state index in [1.807, 2.05) is 12.3 Å². The lowest BCUT2D eigenvalue weighted by Crippen LogP contribution is -1.86. The maximum atomic E-state index is 4.43. The van der Waals surface area contributed by atoms with Crippen LogP contribution in [0, 0.1) is 6.92 Å². The first-order chi connectivity index (χ1) is 7.31. The van der Waals surface area contributed by atoms with Gasteiger partial charge in [0.2, 0.25) is 0 Å². The Morgan fingerprint density at radius 1 is 1.07 bits per heavy atom. The topological polar surface area (TPSA) is 12.9 Å². The van der Waals surface area contributed by atoms with Crippen LogP contribution in [0.15, 0.2) is 47.5 Å². The molecule has 0 bridgehead atoms. The van der Waals surface area contributed by atoms with Crippen LogP contribution in [0.5, 0.6) is 0 Å². The van der Waals surface area contributed by atoms with Crippen molar-refractivity contribution in [2.45, 2.75) is 11.8 Å². The van der Waals surface area contributed by atoms with Gasteiger partial charge in [-0.1, -0.05) is 29.8 Å². The second kappa shape index (κ2) is 4.49. The third-order valence-corrected chi connectivity index (χ3v) is 3.08. The maximum Gasteiger partial charge on any atom is 0.0837 e. The molecule has 1 aromatic heterocycles. The van der Waals surface area contributed by atoms with Crippen LogP contribution in [-0.4, -0.2) is 11.2 Å². The van der Waals surface area contributed by atoms with Crippen molar-refractivity contribution in [2.75, 3.05) is 6.26 Å². The molecule has 0 saturated carbocycles. The molecule has 2 heteroatoms. The lowest BCUT2D eigenvalue weighted by molar-refractivity contribution is 1.24. The number of rotatable bonds is 2. The fraction of sp³-hybridized carbons (Fsp3) is 0.154. The maximum absolute atomic E-state index is 4.43. The molecule has 0 aliphatic rings. The summed E-state index contributed by atoms with van der Waals surface area (Å²) >= 11 is 1.73. The SMILES string of the molecule is CSc1cccnc1-c1ccc(C)cc1. The first-order valence-electron chi connectivity index (χ1n) is 4.87. The fourth-order valence-electron chi connectivity index (χ4n) is 1.48. The minimum absolute atomic E-state index is 1.07. The van der Waals surface area contributed by atoms with Crippen molar-refractivity contribution in [3.63, 3.8) is 0 Å². The van der Waals surface area contributed by atoms with Crippen LogP contribution >= 0.6 is 11.8 Å². The summed E-state index contributed by atoms with van der Waals surface area (Å²) in [5.41, 5.74) is 3.54. The molecule has 0 amide bonds. The van der Waals surface area contributed by atoms with E-state index in [4.69, 9.17) is 0 Å². The quantitative estimate of drug-likeness (QED) is 0.707. The van der Waals surface area contributed by atoms with Crippen molar-refractivity contribution in [3.8, 4) is 11.3 Å². The molecule has 0 saturated heterocycles. The Kier molecular flexibility index (Phi) is 3.07. The molecule has 15 heavy (non-hydrogen) atoms. The summed E-state index contributed by atoms with van der Waals surface area (Å²) < 4.78 is 0. The molecule has 0 spiro atoms. The highest BCUT2D eigenvalue weighted by Gasteiger charge is 2.04. The number of thioether (sulfide) groups is 1. The molecular weight excluding hydrogens is 202 g/mol. The van der Waals surface area contributed by atoms with E-state index in [0.29, 0.717) is 0 Å². The van der Waals surface area contributed by atoms with E-state index in [0.717, 1.165) is 5.69 Å². The highest BCUT2D eigenvalue weighted by atomic mass is 32.2. The smallest absolute Gasteiger partial charge is 0.0837 e. The fourth-order valence-corrected chi connectivity index (χ4v) is 2.06. The zero-order valence-corrected chi connectivity index (χ0v) is 9.71. The standard InChI is InChI=1S/C13H13NS/c1-10-5-7-11(8-6-10)13-12(15-2)4-3-9-14-13/h3-9H,1-2H3. The Bertz CT molecular complexity index is 448. The summed E-state index contributed by atoms with van der Waals surface area (Å²) in [5, 5.41) is 0. The molecule has 1 nitrogen and oxygen atoms in total. The lowest BCUT2D eigenvalue weighted by atomic mass is 10.1. The summed E-state index contributed by atoms with van der Waals surface area (Å²) in [5.74, 6) is 0. The summed E-state index contributed by atoms with van der Waals surface area (Å²) in [7, 11) is 0. The predicted octanol–water partition coefficient (Wildman–Crippen LogP) is 3.78. The Morgan fingerprint density at radius 2 is 1.80 bits per heavy atom. The molecule has 0 fully saturated rings. The summed E-state index contributed by atoms with van der Waals surface area (Å²) in [4.78, 5) is 5.65. The highest BCUT2D eigenvalue weighted by Crippen LogP contribution is 2.27. The summed E-state index contributed by atoms with van der Waals surface area (Å²) in [6.07, 6.45) is 3.92. The molecule has 0 aliphatic heterocycles. The first kappa shape index (κ1) is 10.2.